The molecule has 0 spiro atoms. The molecule has 0 aromatic rings. The van der Waals surface area contributed by atoms with Crippen LogP contribution in [0.1, 0.15) is 59.3 Å². The first kappa shape index (κ1) is 15.3. The Labute approximate surface area is 122 Å². The average Bonchev–Trinajstić information content (AvgIpc) is 2.56. The fourth-order valence-corrected chi connectivity index (χ4v) is 3.32. The summed E-state index contributed by atoms with van der Waals surface area (Å²) in [5.74, 6) is 1.01. The summed E-state index contributed by atoms with van der Waals surface area (Å²) in [5, 5.41) is 0. The Balaban J connectivity index is 2.06. The smallest absolute Gasteiger partial charge is 0.245 e. The highest BCUT2D eigenvalue weighted by atomic mass is 16.2. The number of fused-ring (bicyclic) bond motifs is 1. The largest absolute Gasteiger partial charge is 0.338 e. The zero-order valence-electron chi connectivity index (χ0n) is 13.1. The van der Waals surface area contributed by atoms with Crippen molar-refractivity contribution in [1.29, 1.82) is 0 Å². The molecular formula is C16H28N2O2. The summed E-state index contributed by atoms with van der Waals surface area (Å²) in [5.41, 5.74) is 0. The second-order valence-corrected chi connectivity index (χ2v) is 6.70. The fourth-order valence-electron chi connectivity index (χ4n) is 3.32. The Kier molecular flexibility index (Phi) is 5.06. The van der Waals surface area contributed by atoms with Crippen LogP contribution in [0.2, 0.25) is 0 Å². The third-order valence-electron chi connectivity index (χ3n) is 4.65. The van der Waals surface area contributed by atoms with Crippen LogP contribution in [0, 0.1) is 5.92 Å². The van der Waals surface area contributed by atoms with Crippen molar-refractivity contribution in [3.05, 3.63) is 0 Å². The number of piperidine rings is 1. The van der Waals surface area contributed by atoms with E-state index in [1.807, 2.05) is 9.80 Å². The van der Waals surface area contributed by atoms with Crippen LogP contribution in [-0.4, -0.2) is 46.8 Å². The molecule has 2 heterocycles. The van der Waals surface area contributed by atoms with Crippen molar-refractivity contribution < 1.29 is 9.59 Å². The van der Waals surface area contributed by atoms with Crippen LogP contribution in [0.25, 0.3) is 0 Å². The van der Waals surface area contributed by atoms with E-state index < -0.39 is 0 Å². The second kappa shape index (κ2) is 6.59. The molecular weight excluding hydrogens is 252 g/mol. The first-order chi connectivity index (χ1) is 9.50. The van der Waals surface area contributed by atoms with Crippen LogP contribution in [0.3, 0.4) is 0 Å². The molecule has 2 atom stereocenters. The molecule has 2 saturated heterocycles. The van der Waals surface area contributed by atoms with Crippen molar-refractivity contribution >= 4 is 11.8 Å². The molecule has 0 saturated carbocycles. The van der Waals surface area contributed by atoms with E-state index in [9.17, 15) is 9.59 Å². The number of nitrogens with zero attached hydrogens (tertiary/aromatic N) is 2. The van der Waals surface area contributed by atoms with Gasteiger partial charge >= 0.3 is 0 Å². The molecule has 4 nitrogen and oxygen atoms in total. The van der Waals surface area contributed by atoms with Gasteiger partial charge in [0.1, 0.15) is 6.04 Å². The lowest BCUT2D eigenvalue weighted by atomic mass is 9.99. The van der Waals surface area contributed by atoms with Crippen LogP contribution >= 0.6 is 0 Å². The minimum Gasteiger partial charge on any atom is -0.338 e. The van der Waals surface area contributed by atoms with E-state index in [2.05, 4.69) is 20.8 Å². The van der Waals surface area contributed by atoms with Crippen LogP contribution in [0.15, 0.2) is 0 Å². The Bertz CT molecular complexity index is 367. The van der Waals surface area contributed by atoms with Gasteiger partial charge in [0.2, 0.25) is 11.8 Å². The Morgan fingerprint density at radius 3 is 2.55 bits per heavy atom. The average molecular weight is 280 g/mol. The van der Waals surface area contributed by atoms with Crippen molar-refractivity contribution in [3.63, 3.8) is 0 Å². The summed E-state index contributed by atoms with van der Waals surface area (Å²) in [7, 11) is 0. The maximum atomic E-state index is 12.7. The van der Waals surface area contributed by atoms with E-state index in [1.54, 1.807) is 0 Å². The maximum Gasteiger partial charge on any atom is 0.245 e. The quantitative estimate of drug-likeness (QED) is 0.793. The molecule has 0 bridgehead atoms. The minimum absolute atomic E-state index is 0.168. The van der Waals surface area contributed by atoms with Crippen molar-refractivity contribution in [3.8, 4) is 0 Å². The van der Waals surface area contributed by atoms with Crippen molar-refractivity contribution in [2.24, 2.45) is 5.92 Å². The van der Waals surface area contributed by atoms with Crippen LogP contribution in [0.4, 0.5) is 0 Å². The molecule has 2 rings (SSSR count). The lowest BCUT2D eigenvalue weighted by Crippen LogP contribution is -2.51. The van der Waals surface area contributed by atoms with Gasteiger partial charge in [-0.1, -0.05) is 13.8 Å². The maximum absolute atomic E-state index is 12.7. The summed E-state index contributed by atoms with van der Waals surface area (Å²) < 4.78 is 0. The number of carbonyl (C=O) groups is 2. The molecule has 4 heteroatoms. The van der Waals surface area contributed by atoms with Crippen LogP contribution in [-0.2, 0) is 9.59 Å². The summed E-state index contributed by atoms with van der Waals surface area (Å²) >= 11 is 0. The SMILES string of the molecule is CC(C)CCC(C)N1CCC(=O)N2CCCCC2C1=O. The molecule has 0 N–H and O–H groups in total. The van der Waals surface area contributed by atoms with Gasteiger partial charge in [-0.05, 0) is 44.9 Å². The van der Waals surface area contributed by atoms with Gasteiger partial charge in [-0.25, -0.2) is 0 Å². The standard InChI is InChI=1S/C16H28N2O2/c1-12(2)7-8-13(3)17-11-9-15(19)18-10-5-4-6-14(18)16(17)20/h12-14H,4-11H2,1-3H3. The molecule has 2 aliphatic rings. The molecule has 2 unspecified atom stereocenters. The van der Waals surface area contributed by atoms with E-state index in [0.717, 1.165) is 38.6 Å². The van der Waals surface area contributed by atoms with Gasteiger partial charge in [-0.2, -0.15) is 0 Å². The first-order valence-corrected chi connectivity index (χ1v) is 8.10. The molecule has 0 aromatic heterocycles. The van der Waals surface area contributed by atoms with Gasteiger partial charge in [-0.3, -0.25) is 9.59 Å². The summed E-state index contributed by atoms with van der Waals surface area (Å²) in [6, 6.07) is 0.0693. The van der Waals surface area contributed by atoms with Crippen molar-refractivity contribution in [1.82, 2.24) is 9.80 Å². The summed E-state index contributed by atoms with van der Waals surface area (Å²) in [4.78, 5) is 28.7. The number of hydrogen-bond donors (Lipinski definition) is 0. The van der Waals surface area contributed by atoms with Gasteiger partial charge < -0.3 is 9.80 Å². The van der Waals surface area contributed by atoms with E-state index in [0.29, 0.717) is 18.9 Å². The van der Waals surface area contributed by atoms with Gasteiger partial charge in [0.25, 0.3) is 0 Å². The molecule has 2 amide bonds. The van der Waals surface area contributed by atoms with Gasteiger partial charge in [-0.15, -0.1) is 0 Å². The first-order valence-electron chi connectivity index (χ1n) is 8.10. The summed E-state index contributed by atoms with van der Waals surface area (Å²) in [6.07, 6.45) is 5.61. The Hall–Kier alpha value is -1.06. The van der Waals surface area contributed by atoms with Crippen LogP contribution < -0.4 is 0 Å². The van der Waals surface area contributed by atoms with E-state index in [4.69, 9.17) is 0 Å². The Morgan fingerprint density at radius 1 is 1.10 bits per heavy atom. The molecule has 0 aromatic carbocycles. The lowest BCUT2D eigenvalue weighted by Gasteiger charge is -2.36. The molecule has 0 radical (unpaired) electrons. The van der Waals surface area contributed by atoms with Gasteiger partial charge in [0, 0.05) is 25.6 Å². The van der Waals surface area contributed by atoms with Crippen LogP contribution in [0.5, 0.6) is 0 Å². The zero-order valence-corrected chi connectivity index (χ0v) is 13.1. The van der Waals surface area contributed by atoms with Crippen molar-refractivity contribution in [2.75, 3.05) is 13.1 Å². The van der Waals surface area contributed by atoms with Gasteiger partial charge in [0.15, 0.2) is 0 Å². The van der Waals surface area contributed by atoms with Crippen molar-refractivity contribution in [2.45, 2.75) is 71.4 Å². The monoisotopic (exact) mass is 280 g/mol. The highest BCUT2D eigenvalue weighted by molar-refractivity contribution is 5.90. The minimum atomic E-state index is -0.180. The number of carbonyl (C=O) groups excluding carboxylic acids is 2. The highest BCUT2D eigenvalue weighted by Gasteiger charge is 2.38. The fraction of sp³-hybridized carbons (Fsp3) is 0.875. The zero-order chi connectivity index (χ0) is 14.7. The number of rotatable bonds is 4. The summed E-state index contributed by atoms with van der Waals surface area (Å²) in [6.45, 7) is 7.92. The molecule has 2 fully saturated rings. The lowest BCUT2D eigenvalue weighted by molar-refractivity contribution is -0.144. The second-order valence-electron chi connectivity index (χ2n) is 6.70. The third-order valence-corrected chi connectivity index (χ3v) is 4.65. The topological polar surface area (TPSA) is 40.6 Å². The number of hydrogen-bond acceptors (Lipinski definition) is 2. The van der Waals surface area contributed by atoms with E-state index >= 15 is 0 Å². The predicted octanol–water partition coefficient (Wildman–Crippen LogP) is 2.42. The third kappa shape index (κ3) is 3.33. The molecule has 2 aliphatic heterocycles. The molecule has 0 aliphatic carbocycles. The predicted molar refractivity (Wildman–Crippen MR) is 79.2 cm³/mol. The van der Waals surface area contributed by atoms with E-state index in [1.165, 1.54) is 0 Å². The highest BCUT2D eigenvalue weighted by Crippen LogP contribution is 2.25. The molecule has 20 heavy (non-hydrogen) atoms. The normalized spacial score (nSPS) is 25.7. The molecule has 114 valence electrons. The number of amides is 2. The van der Waals surface area contributed by atoms with E-state index in [-0.39, 0.29) is 23.9 Å². The van der Waals surface area contributed by atoms with Gasteiger partial charge in [0.05, 0.1) is 0 Å². The Morgan fingerprint density at radius 2 is 1.85 bits per heavy atom.